The van der Waals surface area contributed by atoms with Crippen molar-refractivity contribution in [2.24, 2.45) is 0 Å². The quantitative estimate of drug-likeness (QED) is 0.707. The number of rotatable bonds is 5. The molecule has 0 aromatic heterocycles. The number of carbonyl (C=O) groups is 2. The van der Waals surface area contributed by atoms with Crippen LogP contribution in [-0.4, -0.2) is 75.1 Å². The number of ether oxygens (including phenoxy) is 1. The van der Waals surface area contributed by atoms with E-state index in [1.165, 1.54) is 0 Å². The van der Waals surface area contributed by atoms with Crippen LogP contribution in [0.2, 0.25) is 0 Å². The molecule has 0 saturated carbocycles. The number of hydrogen-bond donors (Lipinski definition) is 1. The van der Waals surface area contributed by atoms with Crippen LogP contribution < -0.4 is 5.32 Å². The average molecular weight is 257 g/mol. The van der Waals surface area contributed by atoms with Crippen molar-refractivity contribution in [3.63, 3.8) is 0 Å². The Morgan fingerprint density at radius 2 is 2.11 bits per heavy atom. The topological polar surface area (TPSA) is 61.9 Å². The van der Waals surface area contributed by atoms with Crippen molar-refractivity contribution < 1.29 is 14.3 Å². The van der Waals surface area contributed by atoms with E-state index < -0.39 is 5.54 Å². The third-order valence-corrected chi connectivity index (χ3v) is 3.27. The van der Waals surface area contributed by atoms with E-state index in [1.807, 2.05) is 19.0 Å². The van der Waals surface area contributed by atoms with Gasteiger partial charge in [0.15, 0.2) is 0 Å². The van der Waals surface area contributed by atoms with Gasteiger partial charge in [0.1, 0.15) is 5.54 Å². The van der Waals surface area contributed by atoms with Crippen LogP contribution >= 0.6 is 0 Å². The summed E-state index contributed by atoms with van der Waals surface area (Å²) in [6.45, 7) is 1.16. The van der Waals surface area contributed by atoms with Crippen molar-refractivity contribution in [3.8, 4) is 0 Å². The van der Waals surface area contributed by atoms with E-state index in [4.69, 9.17) is 4.74 Å². The molecule has 1 atom stereocenters. The molecule has 0 bridgehead atoms. The minimum absolute atomic E-state index is 0.0295. The maximum Gasteiger partial charge on any atom is 0.248 e. The van der Waals surface area contributed by atoms with Crippen LogP contribution in [0.15, 0.2) is 0 Å². The molecule has 1 aliphatic heterocycles. The van der Waals surface area contributed by atoms with Gasteiger partial charge in [-0.25, -0.2) is 0 Å². The Labute approximate surface area is 108 Å². The Kier molecular flexibility index (Phi) is 5.10. The van der Waals surface area contributed by atoms with Crippen molar-refractivity contribution in [1.29, 1.82) is 0 Å². The molecule has 0 aliphatic carbocycles. The van der Waals surface area contributed by atoms with Crippen molar-refractivity contribution in [1.82, 2.24) is 15.1 Å². The summed E-state index contributed by atoms with van der Waals surface area (Å²) in [6.07, 6.45) is 1.48. The lowest BCUT2D eigenvalue weighted by atomic mass is 9.95. The second kappa shape index (κ2) is 6.15. The summed E-state index contributed by atoms with van der Waals surface area (Å²) in [6, 6.07) is 0. The SMILES string of the molecule is CNC(=O)C1(COC)CCCN1C(=O)CN(C)C. The molecular formula is C12H23N3O3. The normalized spacial score (nSPS) is 23.5. The molecule has 18 heavy (non-hydrogen) atoms. The Bertz CT molecular complexity index is 320. The molecule has 0 aromatic carbocycles. The van der Waals surface area contributed by atoms with Gasteiger partial charge in [0.05, 0.1) is 13.2 Å². The predicted molar refractivity (Wildman–Crippen MR) is 68.2 cm³/mol. The number of likely N-dealkylation sites (N-methyl/N-ethyl adjacent to an activating group) is 2. The minimum atomic E-state index is -0.837. The second-order valence-corrected chi connectivity index (χ2v) is 4.93. The summed E-state index contributed by atoms with van der Waals surface area (Å²) in [4.78, 5) is 27.8. The van der Waals surface area contributed by atoms with Crippen molar-refractivity contribution in [2.75, 3.05) is 47.9 Å². The zero-order chi connectivity index (χ0) is 13.8. The standard InChI is InChI=1S/C12H23N3O3/c1-13-11(17)12(9-18-4)6-5-7-15(12)10(16)8-14(2)3/h5-9H2,1-4H3,(H,13,17). The average Bonchev–Trinajstić information content (AvgIpc) is 2.72. The van der Waals surface area contributed by atoms with Crippen LogP contribution in [0.4, 0.5) is 0 Å². The van der Waals surface area contributed by atoms with E-state index in [0.29, 0.717) is 19.5 Å². The summed E-state index contributed by atoms with van der Waals surface area (Å²) in [5, 5.41) is 2.64. The Morgan fingerprint density at radius 1 is 1.44 bits per heavy atom. The van der Waals surface area contributed by atoms with Crippen LogP contribution in [0.1, 0.15) is 12.8 Å². The summed E-state index contributed by atoms with van der Waals surface area (Å²) in [7, 11) is 6.82. The van der Waals surface area contributed by atoms with Crippen molar-refractivity contribution >= 4 is 11.8 Å². The van der Waals surface area contributed by atoms with E-state index in [0.717, 1.165) is 6.42 Å². The van der Waals surface area contributed by atoms with E-state index in [-0.39, 0.29) is 18.4 Å². The van der Waals surface area contributed by atoms with Gasteiger partial charge in [0.2, 0.25) is 11.8 Å². The highest BCUT2D eigenvalue weighted by Crippen LogP contribution is 2.30. The van der Waals surface area contributed by atoms with Gasteiger partial charge < -0.3 is 19.9 Å². The van der Waals surface area contributed by atoms with Crippen molar-refractivity contribution in [3.05, 3.63) is 0 Å². The number of amides is 2. The number of hydrogen-bond acceptors (Lipinski definition) is 4. The molecule has 0 aromatic rings. The van der Waals surface area contributed by atoms with Gasteiger partial charge in [-0.05, 0) is 26.9 Å². The monoisotopic (exact) mass is 257 g/mol. The third-order valence-electron chi connectivity index (χ3n) is 3.27. The van der Waals surface area contributed by atoms with E-state index in [2.05, 4.69) is 5.32 Å². The summed E-state index contributed by atoms with van der Waals surface area (Å²) < 4.78 is 5.17. The lowest BCUT2D eigenvalue weighted by Crippen LogP contribution is -2.60. The number of nitrogens with one attached hydrogen (secondary N) is 1. The first kappa shape index (κ1) is 14.9. The fourth-order valence-corrected chi connectivity index (χ4v) is 2.52. The highest BCUT2D eigenvalue weighted by atomic mass is 16.5. The van der Waals surface area contributed by atoms with E-state index in [9.17, 15) is 9.59 Å². The van der Waals surface area contributed by atoms with Gasteiger partial charge in [0, 0.05) is 20.7 Å². The molecule has 1 rings (SSSR count). The first-order valence-electron chi connectivity index (χ1n) is 6.14. The van der Waals surface area contributed by atoms with Crippen LogP contribution in [0.5, 0.6) is 0 Å². The van der Waals surface area contributed by atoms with Gasteiger partial charge in [-0.3, -0.25) is 9.59 Å². The van der Waals surface area contributed by atoms with Gasteiger partial charge in [0.25, 0.3) is 0 Å². The number of methoxy groups -OCH3 is 1. The molecule has 6 nitrogen and oxygen atoms in total. The largest absolute Gasteiger partial charge is 0.382 e. The smallest absolute Gasteiger partial charge is 0.248 e. The fourth-order valence-electron chi connectivity index (χ4n) is 2.52. The highest BCUT2D eigenvalue weighted by molar-refractivity contribution is 5.92. The molecule has 1 aliphatic rings. The third kappa shape index (κ3) is 2.81. The molecule has 1 heterocycles. The molecule has 1 N–H and O–H groups in total. The van der Waals surface area contributed by atoms with E-state index >= 15 is 0 Å². The first-order chi connectivity index (χ1) is 8.47. The van der Waals surface area contributed by atoms with Crippen LogP contribution in [-0.2, 0) is 14.3 Å². The summed E-state index contributed by atoms with van der Waals surface area (Å²) >= 11 is 0. The molecule has 2 amide bonds. The molecule has 104 valence electrons. The maximum atomic E-state index is 12.2. The fraction of sp³-hybridized carbons (Fsp3) is 0.833. The molecule has 6 heteroatoms. The molecule has 1 fully saturated rings. The molecule has 1 unspecified atom stereocenters. The number of nitrogens with zero attached hydrogens (tertiary/aromatic N) is 2. The molecule has 0 spiro atoms. The van der Waals surface area contributed by atoms with Crippen LogP contribution in [0, 0.1) is 0 Å². The summed E-state index contributed by atoms with van der Waals surface area (Å²) in [5.74, 6) is -0.174. The van der Waals surface area contributed by atoms with Gasteiger partial charge >= 0.3 is 0 Å². The lowest BCUT2D eigenvalue weighted by Gasteiger charge is -2.36. The first-order valence-corrected chi connectivity index (χ1v) is 6.14. The maximum absolute atomic E-state index is 12.2. The zero-order valence-corrected chi connectivity index (χ0v) is 11.7. The van der Waals surface area contributed by atoms with Gasteiger partial charge in [-0.1, -0.05) is 0 Å². The Hall–Kier alpha value is -1.14. The van der Waals surface area contributed by atoms with Crippen molar-refractivity contribution in [2.45, 2.75) is 18.4 Å². The van der Waals surface area contributed by atoms with Crippen LogP contribution in [0.25, 0.3) is 0 Å². The minimum Gasteiger partial charge on any atom is -0.382 e. The highest BCUT2D eigenvalue weighted by Gasteiger charge is 2.49. The van der Waals surface area contributed by atoms with Gasteiger partial charge in [-0.2, -0.15) is 0 Å². The predicted octanol–water partition coefficient (Wildman–Crippen LogP) is -0.698. The Morgan fingerprint density at radius 3 is 2.61 bits per heavy atom. The lowest BCUT2D eigenvalue weighted by molar-refractivity contribution is -0.148. The van der Waals surface area contributed by atoms with Gasteiger partial charge in [-0.15, -0.1) is 0 Å². The second-order valence-electron chi connectivity index (χ2n) is 4.93. The van der Waals surface area contributed by atoms with Crippen LogP contribution in [0.3, 0.4) is 0 Å². The summed E-state index contributed by atoms with van der Waals surface area (Å²) in [5.41, 5.74) is -0.837. The van der Waals surface area contributed by atoms with E-state index in [1.54, 1.807) is 19.1 Å². The molecule has 1 saturated heterocycles. The molecule has 0 radical (unpaired) electrons. The molecular weight excluding hydrogens is 234 g/mol. The number of likely N-dealkylation sites (tertiary alicyclic amines) is 1. The zero-order valence-electron chi connectivity index (χ0n) is 11.7. The Balaban J connectivity index is 2.93. The number of carbonyl (C=O) groups excluding carboxylic acids is 2.